The van der Waals surface area contributed by atoms with Crippen LogP contribution in [0.25, 0.3) is 0 Å². The van der Waals surface area contributed by atoms with E-state index in [1.165, 1.54) is 31.2 Å². The highest BCUT2D eigenvalue weighted by molar-refractivity contribution is 5.92. The molecule has 1 saturated carbocycles. The number of carbonyl (C=O) groups excluding carboxylic acids is 1. The quantitative estimate of drug-likeness (QED) is 0.518. The molecular formula is C31H39N5O2. The number of carbonyl (C=O) groups is 1. The average molecular weight is 514 g/mol. The molecule has 1 spiro atoms. The number of ether oxygens (including phenoxy) is 1. The molecule has 3 aliphatic rings. The molecule has 7 nitrogen and oxygen atoms in total. The van der Waals surface area contributed by atoms with E-state index < -0.39 is 0 Å². The monoisotopic (exact) mass is 513 g/mol. The van der Waals surface area contributed by atoms with Gasteiger partial charge < -0.3 is 9.64 Å². The van der Waals surface area contributed by atoms with Crippen molar-refractivity contribution < 1.29 is 9.53 Å². The number of fused-ring (bicyclic) bond motifs is 1. The van der Waals surface area contributed by atoms with E-state index in [9.17, 15) is 4.79 Å². The number of hydrogen-bond acceptors (Lipinski definition) is 5. The van der Waals surface area contributed by atoms with Gasteiger partial charge in [0.2, 0.25) is 0 Å². The van der Waals surface area contributed by atoms with Crippen molar-refractivity contribution in [3.8, 4) is 5.75 Å². The summed E-state index contributed by atoms with van der Waals surface area (Å²) < 4.78 is 6.30. The van der Waals surface area contributed by atoms with Crippen LogP contribution in [0.2, 0.25) is 0 Å². The zero-order valence-corrected chi connectivity index (χ0v) is 22.3. The number of piperidine rings is 1. The number of amides is 1. The second-order valence-electron chi connectivity index (χ2n) is 11.5. The Morgan fingerprint density at radius 2 is 1.87 bits per heavy atom. The first-order chi connectivity index (χ1) is 18.7. The zero-order valence-electron chi connectivity index (χ0n) is 22.3. The lowest BCUT2D eigenvalue weighted by Crippen LogP contribution is -2.48. The molecule has 0 unspecified atom stereocenters. The van der Waals surface area contributed by atoms with E-state index in [1.54, 1.807) is 0 Å². The number of nitrogens with zero attached hydrogens (tertiary/aromatic N) is 4. The summed E-state index contributed by atoms with van der Waals surface area (Å²) in [6.07, 6.45) is 10.9. The second-order valence-corrected chi connectivity index (χ2v) is 11.5. The molecule has 2 fully saturated rings. The lowest BCUT2D eigenvalue weighted by molar-refractivity contribution is 0.0355. The maximum atomic E-state index is 13.3. The van der Waals surface area contributed by atoms with Gasteiger partial charge in [-0.25, -0.2) is 0 Å². The number of aromatic amines is 1. The number of rotatable bonds is 4. The van der Waals surface area contributed by atoms with Crippen LogP contribution in [0.3, 0.4) is 0 Å². The van der Waals surface area contributed by atoms with E-state index in [1.807, 2.05) is 23.2 Å². The molecule has 2 aliphatic heterocycles. The summed E-state index contributed by atoms with van der Waals surface area (Å²) in [6, 6.07) is 16.6. The van der Waals surface area contributed by atoms with Gasteiger partial charge in [0.05, 0.1) is 5.69 Å². The van der Waals surface area contributed by atoms with Gasteiger partial charge in [0.1, 0.15) is 18.1 Å². The number of H-pyrrole nitrogens is 1. The largest absolute Gasteiger partial charge is 0.492 e. The van der Waals surface area contributed by atoms with Gasteiger partial charge in [-0.2, -0.15) is 5.10 Å². The topological polar surface area (TPSA) is 74.3 Å². The second kappa shape index (κ2) is 11.3. The number of aryl methyl sites for hydroxylation is 1. The summed E-state index contributed by atoms with van der Waals surface area (Å²) in [6.45, 7) is 4.92. The Bertz CT molecular complexity index is 1210. The molecule has 6 rings (SSSR count). The third-order valence-corrected chi connectivity index (χ3v) is 8.66. The minimum Gasteiger partial charge on any atom is -0.492 e. The van der Waals surface area contributed by atoms with Crippen LogP contribution >= 0.6 is 0 Å². The smallest absolute Gasteiger partial charge is 0.274 e. The summed E-state index contributed by atoms with van der Waals surface area (Å²) in [5.41, 5.74) is 4.29. The van der Waals surface area contributed by atoms with Crippen molar-refractivity contribution >= 4 is 5.91 Å². The number of pyridine rings is 1. The van der Waals surface area contributed by atoms with Gasteiger partial charge in [-0.3, -0.25) is 19.8 Å². The maximum absolute atomic E-state index is 13.3. The lowest BCUT2D eigenvalue weighted by Gasteiger charge is -2.45. The molecule has 4 heterocycles. The number of nitrogens with one attached hydrogen (secondary N) is 1. The van der Waals surface area contributed by atoms with Crippen molar-refractivity contribution in [3.63, 3.8) is 0 Å². The van der Waals surface area contributed by atoms with E-state index in [0.717, 1.165) is 75.5 Å². The summed E-state index contributed by atoms with van der Waals surface area (Å²) in [4.78, 5) is 22.4. The number of benzene rings is 1. The fraction of sp³-hybridized carbons (Fsp3) is 0.516. The van der Waals surface area contributed by atoms with Crippen LogP contribution in [0.1, 0.15) is 78.3 Å². The van der Waals surface area contributed by atoms with Crippen LogP contribution < -0.4 is 4.74 Å². The van der Waals surface area contributed by atoms with Crippen molar-refractivity contribution in [1.82, 2.24) is 25.0 Å². The highest BCUT2D eigenvalue weighted by atomic mass is 16.5. The molecule has 1 aliphatic carbocycles. The fourth-order valence-corrected chi connectivity index (χ4v) is 6.24. The molecule has 0 radical (unpaired) electrons. The molecule has 2 aromatic heterocycles. The average Bonchev–Trinajstić information content (AvgIpc) is 3.68. The Balaban J connectivity index is 1.17. The Morgan fingerprint density at radius 3 is 2.68 bits per heavy atom. The molecule has 3 aromatic rings. The Labute approximate surface area is 225 Å². The van der Waals surface area contributed by atoms with Crippen molar-refractivity contribution in [2.75, 3.05) is 32.8 Å². The standard InChI is InChI=1S/C31H39N5O2/c37-30(28-21-27(33-34-28)24-11-12-24)36-17-14-31(15-18-36)13-5-3-8-25-7-1-2-10-29(25)38-20-19-35(23-31)22-26-9-4-6-16-32-26/h1-2,4,6-7,9-10,16,21,24H,3,5,8,11-15,17-20,22-23H2,(H,33,34). The first kappa shape index (κ1) is 25.1. The predicted molar refractivity (Wildman–Crippen MR) is 147 cm³/mol. The van der Waals surface area contributed by atoms with E-state index >= 15 is 0 Å². The van der Waals surface area contributed by atoms with Crippen LogP contribution in [-0.2, 0) is 13.0 Å². The van der Waals surface area contributed by atoms with Gasteiger partial charge in [0.15, 0.2) is 0 Å². The van der Waals surface area contributed by atoms with Crippen molar-refractivity contribution in [2.24, 2.45) is 5.41 Å². The van der Waals surface area contributed by atoms with E-state index in [2.05, 4.69) is 56.5 Å². The molecule has 1 N–H and O–H groups in total. The molecular weight excluding hydrogens is 474 g/mol. The van der Waals surface area contributed by atoms with E-state index in [-0.39, 0.29) is 11.3 Å². The number of likely N-dealkylation sites (tertiary alicyclic amines) is 1. The molecule has 1 aromatic carbocycles. The van der Waals surface area contributed by atoms with E-state index in [4.69, 9.17) is 4.74 Å². The predicted octanol–water partition coefficient (Wildman–Crippen LogP) is 5.21. The van der Waals surface area contributed by atoms with Gasteiger partial charge in [0.25, 0.3) is 5.91 Å². The van der Waals surface area contributed by atoms with Gasteiger partial charge in [-0.1, -0.05) is 30.7 Å². The van der Waals surface area contributed by atoms with Crippen molar-refractivity contribution in [3.05, 3.63) is 77.4 Å². The molecule has 0 atom stereocenters. The normalized spacial score (nSPS) is 20.7. The first-order valence-corrected chi connectivity index (χ1v) is 14.4. The van der Waals surface area contributed by atoms with Crippen molar-refractivity contribution in [2.45, 2.75) is 63.8 Å². The number of para-hydroxylation sites is 1. The summed E-state index contributed by atoms with van der Waals surface area (Å²) in [5, 5.41) is 7.46. The summed E-state index contributed by atoms with van der Waals surface area (Å²) in [7, 11) is 0. The van der Waals surface area contributed by atoms with Crippen LogP contribution in [0, 0.1) is 5.41 Å². The Morgan fingerprint density at radius 1 is 1.03 bits per heavy atom. The third kappa shape index (κ3) is 5.93. The summed E-state index contributed by atoms with van der Waals surface area (Å²) >= 11 is 0. The Kier molecular flexibility index (Phi) is 7.45. The first-order valence-electron chi connectivity index (χ1n) is 14.4. The zero-order chi connectivity index (χ0) is 25.8. The van der Waals surface area contributed by atoms with Gasteiger partial charge >= 0.3 is 0 Å². The molecule has 38 heavy (non-hydrogen) atoms. The molecule has 1 amide bonds. The summed E-state index contributed by atoms with van der Waals surface area (Å²) in [5.74, 6) is 1.67. The third-order valence-electron chi connectivity index (χ3n) is 8.66. The van der Waals surface area contributed by atoms with Crippen LogP contribution in [0.4, 0.5) is 0 Å². The Hall–Kier alpha value is -3.19. The SMILES string of the molecule is O=C(c1cc(C2CC2)[nH]n1)N1CCC2(CCCCc3ccccc3OCCN(Cc3ccccn3)C2)CC1. The van der Waals surface area contributed by atoms with Crippen molar-refractivity contribution in [1.29, 1.82) is 0 Å². The lowest BCUT2D eigenvalue weighted by atomic mass is 9.73. The fourth-order valence-electron chi connectivity index (χ4n) is 6.24. The molecule has 1 saturated heterocycles. The molecule has 200 valence electrons. The van der Waals surface area contributed by atoms with Crippen LogP contribution in [-0.4, -0.2) is 63.7 Å². The van der Waals surface area contributed by atoms with Gasteiger partial charge in [-0.05, 0) is 80.2 Å². The molecule has 7 heteroatoms. The highest BCUT2D eigenvalue weighted by Crippen LogP contribution is 2.40. The maximum Gasteiger partial charge on any atom is 0.274 e. The number of hydrogen-bond donors (Lipinski definition) is 1. The number of aromatic nitrogens is 3. The minimum atomic E-state index is 0.0755. The van der Waals surface area contributed by atoms with Crippen LogP contribution in [0.15, 0.2) is 54.7 Å². The minimum absolute atomic E-state index is 0.0755. The van der Waals surface area contributed by atoms with E-state index in [0.29, 0.717) is 18.2 Å². The van der Waals surface area contributed by atoms with Gasteiger partial charge in [0, 0.05) is 50.5 Å². The highest BCUT2D eigenvalue weighted by Gasteiger charge is 2.38. The van der Waals surface area contributed by atoms with Crippen LogP contribution in [0.5, 0.6) is 5.75 Å². The molecule has 0 bridgehead atoms. The van der Waals surface area contributed by atoms with Gasteiger partial charge in [-0.15, -0.1) is 0 Å².